The lowest BCUT2D eigenvalue weighted by Gasteiger charge is -2.72. The number of allylic oxidation sites excluding steroid dienone is 1. The third-order valence-corrected chi connectivity index (χ3v) is 19.0. The van der Waals surface area contributed by atoms with Crippen LogP contribution in [-0.4, -0.2) is 81.0 Å². The SMILES string of the molecule is CC(C)C1=C2[C@H]3CC[C@@H]4[C@@]5(C)CC[C@H](OC(=O)C6C[C@@H](C(=O)O)C6(C)C)C(C)(C)[C@@H]5CC[C@@]4(C)[C@]3(C)CC[C@@]2(NC(=O)C(C)(C)NC(=O)[C@@H]2CCCN2C(=O)OC(C)(C)C)CC1=O. The van der Waals surface area contributed by atoms with E-state index in [1.807, 2.05) is 13.8 Å². The zero-order chi connectivity index (χ0) is 46.8. The molecule has 5 saturated carbocycles. The number of carbonyl (C=O) groups is 6. The molecule has 12 heteroatoms. The second-order valence-electron chi connectivity index (χ2n) is 25.0. The van der Waals surface area contributed by atoms with E-state index in [1.165, 1.54) is 4.90 Å². The van der Waals surface area contributed by atoms with Crippen LogP contribution in [0, 0.1) is 62.6 Å². The Morgan fingerprint density at radius 1 is 0.794 bits per heavy atom. The van der Waals surface area contributed by atoms with Crippen molar-refractivity contribution >= 4 is 35.6 Å². The minimum atomic E-state index is -1.32. The molecule has 1 aliphatic heterocycles. The van der Waals surface area contributed by atoms with Crippen molar-refractivity contribution in [1.82, 2.24) is 15.5 Å². The molecule has 0 spiro atoms. The first-order chi connectivity index (χ1) is 28.9. The number of rotatable bonds is 8. The van der Waals surface area contributed by atoms with Crippen LogP contribution in [-0.2, 0) is 33.4 Å². The average Bonchev–Trinajstić information content (AvgIpc) is 3.75. The van der Waals surface area contributed by atoms with Gasteiger partial charge in [-0.05, 0) is 162 Å². The molecule has 0 aromatic carbocycles. The monoisotopic (exact) mass is 878 g/mol. The summed E-state index contributed by atoms with van der Waals surface area (Å²) in [6.07, 6.45) is 8.04. The van der Waals surface area contributed by atoms with Gasteiger partial charge in [0, 0.05) is 18.4 Å². The largest absolute Gasteiger partial charge is 0.481 e. The summed E-state index contributed by atoms with van der Waals surface area (Å²) in [5.41, 5.74) is -1.99. The van der Waals surface area contributed by atoms with Crippen LogP contribution in [0.5, 0.6) is 0 Å². The molecular formula is C51H79N3O9. The third-order valence-electron chi connectivity index (χ3n) is 19.0. The highest BCUT2D eigenvalue weighted by molar-refractivity contribution is 6.03. The van der Waals surface area contributed by atoms with E-state index in [2.05, 4.69) is 59.1 Å². The van der Waals surface area contributed by atoms with Gasteiger partial charge in [-0.2, -0.15) is 0 Å². The summed E-state index contributed by atoms with van der Waals surface area (Å²) in [4.78, 5) is 82.7. The Morgan fingerprint density at radius 3 is 2.06 bits per heavy atom. The van der Waals surface area contributed by atoms with E-state index in [0.29, 0.717) is 44.1 Å². The van der Waals surface area contributed by atoms with E-state index in [-0.39, 0.29) is 63.7 Å². The number of carboxylic acids is 1. The topological polar surface area (TPSA) is 168 Å². The molecule has 3 N–H and O–H groups in total. The predicted molar refractivity (Wildman–Crippen MR) is 239 cm³/mol. The molecule has 0 bridgehead atoms. The Morgan fingerprint density at radius 2 is 1.46 bits per heavy atom. The minimum Gasteiger partial charge on any atom is -0.481 e. The van der Waals surface area contributed by atoms with Crippen LogP contribution in [0.1, 0.15) is 174 Å². The Kier molecular flexibility index (Phi) is 11.6. The molecule has 1 unspecified atom stereocenters. The number of nitrogens with one attached hydrogen (secondary N) is 2. The summed E-state index contributed by atoms with van der Waals surface area (Å²) in [7, 11) is 0. The Hall–Kier alpha value is -3.44. The van der Waals surface area contributed by atoms with Crippen LogP contribution < -0.4 is 10.6 Å². The van der Waals surface area contributed by atoms with Crippen molar-refractivity contribution in [2.45, 2.75) is 203 Å². The number of fused-ring (bicyclic) bond motifs is 7. The van der Waals surface area contributed by atoms with Gasteiger partial charge in [0.1, 0.15) is 23.3 Å². The number of hydrogen-bond acceptors (Lipinski definition) is 8. The molecular weight excluding hydrogens is 799 g/mol. The molecule has 7 rings (SSSR count). The van der Waals surface area contributed by atoms with E-state index in [9.17, 15) is 33.9 Å². The van der Waals surface area contributed by atoms with Crippen molar-refractivity contribution < 1.29 is 43.3 Å². The number of ether oxygens (including phenoxy) is 2. The molecule has 6 fully saturated rings. The lowest BCUT2D eigenvalue weighted by Crippen LogP contribution is -2.68. The van der Waals surface area contributed by atoms with Gasteiger partial charge in [0.2, 0.25) is 11.8 Å². The number of Topliss-reactive ketones (excluding diaryl/α,β-unsaturated/α-hetero) is 1. The molecule has 1 heterocycles. The number of likely N-dealkylation sites (tertiary alicyclic amines) is 1. The molecule has 11 atom stereocenters. The van der Waals surface area contributed by atoms with Gasteiger partial charge >= 0.3 is 18.0 Å². The first kappa shape index (κ1) is 47.5. The van der Waals surface area contributed by atoms with Crippen LogP contribution >= 0.6 is 0 Å². The van der Waals surface area contributed by atoms with Crippen molar-refractivity contribution in [3.8, 4) is 0 Å². The predicted octanol–water partition coefficient (Wildman–Crippen LogP) is 8.79. The van der Waals surface area contributed by atoms with Crippen LogP contribution in [0.2, 0.25) is 0 Å². The lowest BCUT2D eigenvalue weighted by atomic mass is 9.33. The molecule has 352 valence electrons. The summed E-state index contributed by atoms with van der Waals surface area (Å²) in [6.45, 7) is 29.2. The maximum atomic E-state index is 14.6. The Balaban J connectivity index is 1.11. The second-order valence-corrected chi connectivity index (χ2v) is 25.0. The zero-order valence-corrected chi connectivity index (χ0v) is 41.0. The molecule has 6 aliphatic carbocycles. The summed E-state index contributed by atoms with van der Waals surface area (Å²) >= 11 is 0. The van der Waals surface area contributed by atoms with Crippen molar-refractivity contribution in [2.75, 3.05) is 6.54 Å². The maximum absolute atomic E-state index is 14.6. The van der Waals surface area contributed by atoms with E-state index >= 15 is 0 Å². The highest BCUT2D eigenvalue weighted by atomic mass is 16.6. The van der Waals surface area contributed by atoms with Gasteiger partial charge < -0.3 is 25.2 Å². The molecule has 0 aromatic heterocycles. The number of carboxylic acid groups (broad SMARTS) is 1. The molecule has 3 amide bonds. The molecule has 0 radical (unpaired) electrons. The van der Waals surface area contributed by atoms with Gasteiger partial charge in [0.05, 0.1) is 17.4 Å². The smallest absolute Gasteiger partial charge is 0.410 e. The Bertz CT molecular complexity index is 1980. The van der Waals surface area contributed by atoms with Crippen LogP contribution in [0.4, 0.5) is 4.79 Å². The van der Waals surface area contributed by atoms with Crippen molar-refractivity contribution in [1.29, 1.82) is 0 Å². The van der Waals surface area contributed by atoms with Gasteiger partial charge in [-0.1, -0.05) is 62.3 Å². The number of carbonyl (C=O) groups excluding carboxylic acids is 5. The van der Waals surface area contributed by atoms with Crippen LogP contribution in [0.15, 0.2) is 11.1 Å². The molecule has 7 aliphatic rings. The summed E-state index contributed by atoms with van der Waals surface area (Å²) < 4.78 is 12.0. The number of amides is 3. The molecule has 0 aromatic rings. The number of esters is 1. The van der Waals surface area contributed by atoms with Crippen molar-refractivity contribution in [3.05, 3.63) is 11.1 Å². The van der Waals surface area contributed by atoms with E-state index in [1.54, 1.807) is 34.6 Å². The minimum absolute atomic E-state index is 0.00163. The first-order valence-corrected chi connectivity index (χ1v) is 24.2. The average molecular weight is 878 g/mol. The van der Waals surface area contributed by atoms with Crippen molar-refractivity contribution in [3.63, 3.8) is 0 Å². The number of ketones is 1. The highest BCUT2D eigenvalue weighted by Crippen LogP contribution is 2.76. The summed E-state index contributed by atoms with van der Waals surface area (Å²) in [5.74, 6) is -1.87. The van der Waals surface area contributed by atoms with Gasteiger partial charge in [-0.3, -0.25) is 28.9 Å². The standard InChI is InChI=1S/C51H79N3O9/c1-28(2)37-33(55)27-51(53-42(60)47(10,11)52-39(56)32-16-15-25-54(32)43(61)63-44(3,4)5)24-23-49(13)29(38(37)51)17-18-35-48(12)21-20-36(46(8,9)34(48)19-22-50(35,49)14)62-41(59)31-26-30(40(57)58)45(31,6)7/h28-32,34-36H,15-27H2,1-14H3,(H,52,56)(H,53,60)(H,57,58)/t29-,30+,31?,32+,34+,35-,36+,48+,49-,50-,51-/m1/s1. The van der Waals surface area contributed by atoms with Crippen LogP contribution in [0.3, 0.4) is 0 Å². The highest BCUT2D eigenvalue weighted by Gasteiger charge is 2.71. The second kappa shape index (κ2) is 15.3. The van der Waals surface area contributed by atoms with Crippen LogP contribution in [0.25, 0.3) is 0 Å². The fourth-order valence-electron chi connectivity index (χ4n) is 15.3. The van der Waals surface area contributed by atoms with E-state index < -0.39 is 57.9 Å². The van der Waals surface area contributed by atoms with E-state index in [0.717, 1.165) is 56.1 Å². The fraction of sp³-hybridized carbons (Fsp3) is 0.843. The molecule has 63 heavy (non-hydrogen) atoms. The van der Waals surface area contributed by atoms with Gasteiger partial charge in [0.15, 0.2) is 5.78 Å². The summed E-state index contributed by atoms with van der Waals surface area (Å²) in [5, 5.41) is 16.1. The Labute approximate surface area is 376 Å². The fourth-order valence-corrected chi connectivity index (χ4v) is 15.3. The number of hydrogen-bond donors (Lipinski definition) is 3. The zero-order valence-electron chi connectivity index (χ0n) is 41.0. The maximum Gasteiger partial charge on any atom is 0.410 e. The number of nitrogens with zero attached hydrogens (tertiary/aromatic N) is 1. The first-order valence-electron chi connectivity index (χ1n) is 24.2. The third kappa shape index (κ3) is 7.36. The quantitative estimate of drug-likeness (QED) is 0.202. The van der Waals surface area contributed by atoms with Gasteiger partial charge in [-0.25, -0.2) is 4.79 Å². The molecule has 12 nitrogen and oxygen atoms in total. The molecule has 1 saturated heterocycles. The summed E-state index contributed by atoms with van der Waals surface area (Å²) in [6, 6.07) is -0.742. The number of aliphatic carboxylic acids is 1. The van der Waals surface area contributed by atoms with Crippen molar-refractivity contribution in [2.24, 2.45) is 62.6 Å². The van der Waals surface area contributed by atoms with Gasteiger partial charge in [0.25, 0.3) is 0 Å². The normalized spacial score (nSPS) is 39.3. The van der Waals surface area contributed by atoms with Gasteiger partial charge in [-0.15, -0.1) is 0 Å². The van der Waals surface area contributed by atoms with E-state index in [4.69, 9.17) is 9.47 Å². The lowest BCUT2D eigenvalue weighted by molar-refractivity contribution is -0.235.